The Labute approximate surface area is 154 Å². The van der Waals surface area contributed by atoms with Gasteiger partial charge in [0.05, 0.1) is 17.8 Å². The zero-order chi connectivity index (χ0) is 17.6. The second kappa shape index (κ2) is 6.07. The number of rotatable bonds is 2. The van der Waals surface area contributed by atoms with E-state index in [2.05, 4.69) is 33.2 Å². The first-order chi connectivity index (χ1) is 11.9. The van der Waals surface area contributed by atoms with Crippen LogP contribution >= 0.6 is 22.7 Å². The molecular weight excluding hydrogens is 352 g/mol. The normalized spacial score (nSPS) is 17.6. The maximum absolute atomic E-state index is 13.2. The highest BCUT2D eigenvalue weighted by Gasteiger charge is 2.35. The van der Waals surface area contributed by atoms with Gasteiger partial charge in [-0.15, -0.1) is 27.8 Å². The van der Waals surface area contributed by atoms with Crippen molar-refractivity contribution >= 4 is 28.6 Å². The molecule has 1 atom stereocenters. The van der Waals surface area contributed by atoms with Crippen molar-refractivity contribution < 1.29 is 4.79 Å². The number of aromatic nitrogens is 3. The summed E-state index contributed by atoms with van der Waals surface area (Å²) in [5, 5.41) is 12.5. The van der Waals surface area contributed by atoms with Gasteiger partial charge in [-0.3, -0.25) is 4.79 Å². The summed E-state index contributed by atoms with van der Waals surface area (Å²) in [6.45, 7) is 6.84. The first-order valence-electron chi connectivity index (χ1n) is 8.28. The van der Waals surface area contributed by atoms with E-state index in [1.54, 1.807) is 33.6 Å². The van der Waals surface area contributed by atoms with Crippen LogP contribution in [0.25, 0.3) is 0 Å². The van der Waals surface area contributed by atoms with E-state index in [9.17, 15) is 4.79 Å². The van der Waals surface area contributed by atoms with Crippen LogP contribution in [0, 0.1) is 0 Å². The predicted octanol–water partition coefficient (Wildman–Crippen LogP) is 3.94. The molecule has 4 rings (SSSR count). The SMILES string of the molecule is CC(C)(C)n1cc(C(=O)N2CCc3sccc3C2c2cccs2)nn1. The van der Waals surface area contributed by atoms with Crippen molar-refractivity contribution in [3.05, 3.63) is 56.2 Å². The number of carbonyl (C=O) groups excluding carboxylic acids is 1. The average Bonchev–Trinajstić information content (AvgIpc) is 3.32. The standard InChI is InChI=1S/C18H20N4OS2/c1-18(2,3)22-11-13(19-20-22)17(23)21-8-6-14-12(7-10-25-14)16(21)15-5-4-9-24-15/h4-5,7,9-11,16H,6,8H2,1-3H3. The molecule has 130 valence electrons. The highest BCUT2D eigenvalue weighted by molar-refractivity contribution is 7.10. The molecule has 0 fully saturated rings. The van der Waals surface area contributed by atoms with Gasteiger partial charge in [-0.1, -0.05) is 11.3 Å². The summed E-state index contributed by atoms with van der Waals surface area (Å²) in [5.41, 5.74) is 1.46. The minimum absolute atomic E-state index is 0.0257. The molecule has 4 heterocycles. The van der Waals surface area contributed by atoms with Crippen LogP contribution in [-0.4, -0.2) is 32.3 Å². The number of hydrogen-bond acceptors (Lipinski definition) is 5. The molecule has 3 aromatic rings. The fourth-order valence-electron chi connectivity index (χ4n) is 3.13. The molecule has 3 aromatic heterocycles. The lowest BCUT2D eigenvalue weighted by atomic mass is 9.98. The molecular formula is C18H20N4OS2. The van der Waals surface area contributed by atoms with Gasteiger partial charge < -0.3 is 4.90 Å². The van der Waals surface area contributed by atoms with Crippen molar-refractivity contribution in [2.75, 3.05) is 6.54 Å². The van der Waals surface area contributed by atoms with Crippen LogP contribution < -0.4 is 0 Å². The maximum atomic E-state index is 13.2. The van der Waals surface area contributed by atoms with Crippen LogP contribution in [0.1, 0.15) is 52.6 Å². The Morgan fingerprint density at radius 2 is 2.08 bits per heavy atom. The van der Waals surface area contributed by atoms with Crippen molar-refractivity contribution in [3.8, 4) is 0 Å². The summed E-state index contributed by atoms with van der Waals surface area (Å²) in [6, 6.07) is 6.27. The van der Waals surface area contributed by atoms with E-state index in [1.807, 2.05) is 31.7 Å². The molecule has 0 saturated carbocycles. The third kappa shape index (κ3) is 2.91. The van der Waals surface area contributed by atoms with Gasteiger partial charge in [-0.25, -0.2) is 4.68 Å². The molecule has 1 aliphatic rings. The fraction of sp³-hybridized carbons (Fsp3) is 0.389. The molecule has 0 bridgehead atoms. The minimum atomic E-state index is -0.193. The van der Waals surface area contributed by atoms with Gasteiger partial charge in [-0.05, 0) is 55.6 Å². The summed E-state index contributed by atoms with van der Waals surface area (Å²) in [5.74, 6) is -0.0502. The van der Waals surface area contributed by atoms with Gasteiger partial charge in [0.25, 0.3) is 5.91 Å². The minimum Gasteiger partial charge on any atom is -0.325 e. The van der Waals surface area contributed by atoms with Crippen molar-refractivity contribution in [1.29, 1.82) is 0 Å². The molecule has 25 heavy (non-hydrogen) atoms. The smallest absolute Gasteiger partial charge is 0.276 e. The second-order valence-corrected chi connectivity index (χ2v) is 9.16. The quantitative estimate of drug-likeness (QED) is 0.684. The Morgan fingerprint density at radius 3 is 2.76 bits per heavy atom. The van der Waals surface area contributed by atoms with E-state index in [0.717, 1.165) is 6.42 Å². The number of thiophene rings is 2. The molecule has 5 nitrogen and oxygen atoms in total. The maximum Gasteiger partial charge on any atom is 0.276 e. The monoisotopic (exact) mass is 372 g/mol. The first kappa shape index (κ1) is 16.5. The van der Waals surface area contributed by atoms with Crippen LogP contribution in [-0.2, 0) is 12.0 Å². The molecule has 1 aliphatic heterocycles. The number of hydrogen-bond donors (Lipinski definition) is 0. The van der Waals surface area contributed by atoms with Crippen molar-refractivity contribution in [2.24, 2.45) is 0 Å². The van der Waals surface area contributed by atoms with Gasteiger partial charge in [0.2, 0.25) is 0 Å². The molecule has 7 heteroatoms. The third-order valence-electron chi connectivity index (χ3n) is 4.44. The Hall–Kier alpha value is -1.99. The van der Waals surface area contributed by atoms with E-state index < -0.39 is 0 Å². The zero-order valence-electron chi connectivity index (χ0n) is 14.5. The number of fused-ring (bicyclic) bond motifs is 1. The lowest BCUT2D eigenvalue weighted by Gasteiger charge is -2.35. The van der Waals surface area contributed by atoms with E-state index in [1.165, 1.54) is 15.3 Å². The number of nitrogens with zero attached hydrogens (tertiary/aromatic N) is 4. The highest BCUT2D eigenvalue weighted by Crippen LogP contribution is 2.40. The second-order valence-electron chi connectivity index (χ2n) is 7.18. The van der Waals surface area contributed by atoms with Crippen molar-refractivity contribution in [2.45, 2.75) is 38.8 Å². The number of amides is 1. The number of carbonyl (C=O) groups is 1. The van der Waals surface area contributed by atoms with Crippen LogP contribution in [0.5, 0.6) is 0 Å². The van der Waals surface area contributed by atoms with Gasteiger partial charge in [0, 0.05) is 16.3 Å². The van der Waals surface area contributed by atoms with E-state index in [0.29, 0.717) is 12.2 Å². The van der Waals surface area contributed by atoms with Crippen molar-refractivity contribution in [1.82, 2.24) is 19.9 Å². The van der Waals surface area contributed by atoms with Crippen LogP contribution in [0.15, 0.2) is 35.2 Å². The molecule has 0 saturated heterocycles. The molecule has 1 amide bonds. The summed E-state index contributed by atoms with van der Waals surface area (Å²) in [6.07, 6.45) is 2.66. The average molecular weight is 373 g/mol. The van der Waals surface area contributed by atoms with Crippen LogP contribution in [0.2, 0.25) is 0 Å². The molecule has 0 N–H and O–H groups in total. The van der Waals surface area contributed by atoms with Gasteiger partial charge >= 0.3 is 0 Å². The Morgan fingerprint density at radius 1 is 1.24 bits per heavy atom. The lowest BCUT2D eigenvalue weighted by Crippen LogP contribution is -2.40. The van der Waals surface area contributed by atoms with Gasteiger partial charge in [0.1, 0.15) is 0 Å². The molecule has 1 unspecified atom stereocenters. The Balaban J connectivity index is 1.71. The topological polar surface area (TPSA) is 51.0 Å². The fourth-order valence-corrected chi connectivity index (χ4v) is 4.88. The Bertz CT molecular complexity index is 888. The van der Waals surface area contributed by atoms with Crippen LogP contribution in [0.3, 0.4) is 0 Å². The zero-order valence-corrected chi connectivity index (χ0v) is 16.1. The highest BCUT2D eigenvalue weighted by atomic mass is 32.1. The van der Waals surface area contributed by atoms with E-state index >= 15 is 0 Å². The molecule has 0 aliphatic carbocycles. The molecule has 0 aromatic carbocycles. The predicted molar refractivity (Wildman–Crippen MR) is 100 cm³/mol. The first-order valence-corrected chi connectivity index (χ1v) is 10.0. The summed E-state index contributed by atoms with van der Waals surface area (Å²) >= 11 is 3.47. The van der Waals surface area contributed by atoms with Gasteiger partial charge in [0.15, 0.2) is 5.69 Å². The van der Waals surface area contributed by atoms with Crippen LogP contribution in [0.4, 0.5) is 0 Å². The lowest BCUT2D eigenvalue weighted by molar-refractivity contribution is 0.0692. The molecule has 0 spiro atoms. The Kier molecular flexibility index (Phi) is 4.00. The van der Waals surface area contributed by atoms with Gasteiger partial charge in [-0.2, -0.15) is 0 Å². The van der Waals surface area contributed by atoms with Crippen molar-refractivity contribution in [3.63, 3.8) is 0 Å². The van der Waals surface area contributed by atoms with E-state index in [4.69, 9.17) is 0 Å². The van der Waals surface area contributed by atoms with E-state index in [-0.39, 0.29) is 17.5 Å². The summed E-state index contributed by atoms with van der Waals surface area (Å²) < 4.78 is 1.75. The largest absolute Gasteiger partial charge is 0.325 e. The summed E-state index contributed by atoms with van der Waals surface area (Å²) in [7, 11) is 0. The third-order valence-corrected chi connectivity index (χ3v) is 6.36. The molecule has 0 radical (unpaired) electrons. The summed E-state index contributed by atoms with van der Waals surface area (Å²) in [4.78, 5) is 17.7.